The number of hydrogen-bond acceptors (Lipinski definition) is 4. The van der Waals surface area contributed by atoms with E-state index in [4.69, 9.17) is 10.5 Å². The number of hydrogen-bond donors (Lipinski definition) is 2. The molecular weight excluding hydrogens is 292 g/mol. The molecule has 0 saturated carbocycles. The van der Waals surface area contributed by atoms with Crippen molar-refractivity contribution in [2.24, 2.45) is 5.92 Å². The summed E-state index contributed by atoms with van der Waals surface area (Å²) in [6.45, 7) is 4.48. The molecule has 0 amide bonds. The summed E-state index contributed by atoms with van der Waals surface area (Å²) in [7, 11) is 0. The van der Waals surface area contributed by atoms with Gasteiger partial charge in [-0.2, -0.15) is 0 Å². The predicted octanol–water partition coefficient (Wildman–Crippen LogP) is 2.47. The molecule has 2 aromatic rings. The second-order valence-corrected chi connectivity index (χ2v) is 6.45. The van der Waals surface area contributed by atoms with Gasteiger partial charge in [-0.1, -0.05) is 19.8 Å². The maximum absolute atomic E-state index is 12.3. The highest BCUT2D eigenvalue weighted by Crippen LogP contribution is 2.22. The number of unbranched alkanes of at least 4 members (excludes halogenated alkanes) is 2. The van der Waals surface area contributed by atoms with Gasteiger partial charge < -0.3 is 15.5 Å². The molecule has 0 unspecified atom stereocenters. The van der Waals surface area contributed by atoms with Crippen LogP contribution in [-0.2, 0) is 17.7 Å². The molecule has 23 heavy (non-hydrogen) atoms. The number of pyridine rings is 1. The molecule has 0 radical (unpaired) electrons. The number of fused-ring (bicyclic) bond motifs is 1. The number of aryl methyl sites for hydroxylation is 1. The van der Waals surface area contributed by atoms with Gasteiger partial charge in [-0.15, -0.1) is 0 Å². The standard InChI is InChI=1S/C17H26N4O2/c1-2-3-4-5-13-10-14-15(16(18)19-13)20-17(22)21(14)11-12-6-8-23-9-7-12/h10,12H,2-9,11H2,1H3,(H2,18,19)(H,20,22). The van der Waals surface area contributed by atoms with Crippen LogP contribution in [0.15, 0.2) is 10.9 Å². The van der Waals surface area contributed by atoms with E-state index in [1.807, 2.05) is 10.6 Å². The number of nitrogens with zero attached hydrogens (tertiary/aromatic N) is 2. The van der Waals surface area contributed by atoms with Crippen LogP contribution in [0.3, 0.4) is 0 Å². The third kappa shape index (κ3) is 3.58. The number of ether oxygens (including phenoxy) is 1. The second kappa shape index (κ2) is 7.17. The maximum atomic E-state index is 12.3. The number of imidazole rings is 1. The third-order valence-corrected chi connectivity index (χ3v) is 4.67. The highest BCUT2D eigenvalue weighted by molar-refractivity contribution is 5.85. The van der Waals surface area contributed by atoms with Gasteiger partial charge in [-0.25, -0.2) is 9.78 Å². The van der Waals surface area contributed by atoms with Crippen molar-refractivity contribution in [2.75, 3.05) is 18.9 Å². The Hall–Kier alpha value is -1.82. The number of aromatic nitrogens is 3. The molecular formula is C17H26N4O2. The molecule has 2 aromatic heterocycles. The van der Waals surface area contributed by atoms with Crippen LogP contribution >= 0.6 is 0 Å². The van der Waals surface area contributed by atoms with Crippen molar-refractivity contribution < 1.29 is 4.74 Å². The van der Waals surface area contributed by atoms with Crippen molar-refractivity contribution in [1.29, 1.82) is 0 Å². The zero-order chi connectivity index (χ0) is 16.2. The van der Waals surface area contributed by atoms with Gasteiger partial charge in [0, 0.05) is 25.5 Å². The number of nitrogens with one attached hydrogen (secondary N) is 1. The largest absolute Gasteiger partial charge is 0.382 e. The van der Waals surface area contributed by atoms with Gasteiger partial charge in [0.1, 0.15) is 11.3 Å². The topological polar surface area (TPSA) is 85.9 Å². The van der Waals surface area contributed by atoms with E-state index in [1.165, 1.54) is 12.8 Å². The molecule has 1 fully saturated rings. The van der Waals surface area contributed by atoms with Gasteiger partial charge in [0.2, 0.25) is 0 Å². The van der Waals surface area contributed by atoms with Crippen LogP contribution in [0, 0.1) is 5.92 Å². The fraction of sp³-hybridized carbons (Fsp3) is 0.647. The van der Waals surface area contributed by atoms with Crippen LogP contribution in [0.1, 0.15) is 44.7 Å². The van der Waals surface area contributed by atoms with Crippen LogP contribution < -0.4 is 11.4 Å². The molecule has 3 heterocycles. The van der Waals surface area contributed by atoms with Crippen LogP contribution in [0.2, 0.25) is 0 Å². The Morgan fingerprint density at radius 1 is 1.39 bits per heavy atom. The van der Waals surface area contributed by atoms with E-state index in [0.717, 1.165) is 56.7 Å². The van der Waals surface area contributed by atoms with Crippen molar-refractivity contribution in [1.82, 2.24) is 14.5 Å². The lowest BCUT2D eigenvalue weighted by atomic mass is 10.0. The monoisotopic (exact) mass is 318 g/mol. The molecule has 6 heteroatoms. The maximum Gasteiger partial charge on any atom is 0.326 e. The summed E-state index contributed by atoms with van der Waals surface area (Å²) >= 11 is 0. The van der Waals surface area contributed by atoms with Gasteiger partial charge in [-0.05, 0) is 37.7 Å². The summed E-state index contributed by atoms with van der Waals surface area (Å²) in [5.41, 5.74) is 8.50. The van der Waals surface area contributed by atoms with Crippen LogP contribution in [-0.4, -0.2) is 27.7 Å². The van der Waals surface area contributed by atoms with E-state index < -0.39 is 0 Å². The summed E-state index contributed by atoms with van der Waals surface area (Å²) in [5.74, 6) is 0.912. The van der Waals surface area contributed by atoms with Crippen molar-refractivity contribution in [3.05, 3.63) is 22.2 Å². The Balaban J connectivity index is 1.89. The SMILES string of the molecule is CCCCCc1cc2c([nH]c(=O)n2CC2CCOCC2)c(N)n1. The molecule has 0 aliphatic carbocycles. The quantitative estimate of drug-likeness (QED) is 0.801. The number of H-pyrrole nitrogens is 1. The highest BCUT2D eigenvalue weighted by atomic mass is 16.5. The van der Waals surface area contributed by atoms with Crippen molar-refractivity contribution >= 4 is 16.9 Å². The van der Waals surface area contributed by atoms with Crippen molar-refractivity contribution in [3.63, 3.8) is 0 Å². The Morgan fingerprint density at radius 3 is 2.91 bits per heavy atom. The average molecular weight is 318 g/mol. The fourth-order valence-electron chi connectivity index (χ4n) is 3.28. The van der Waals surface area contributed by atoms with Gasteiger partial charge in [0.25, 0.3) is 0 Å². The van der Waals surface area contributed by atoms with E-state index in [9.17, 15) is 4.79 Å². The smallest absolute Gasteiger partial charge is 0.326 e. The van der Waals surface area contributed by atoms with Crippen LogP contribution in [0.4, 0.5) is 5.82 Å². The van der Waals surface area contributed by atoms with E-state index in [-0.39, 0.29) is 5.69 Å². The zero-order valence-electron chi connectivity index (χ0n) is 13.8. The Labute approximate surface area is 136 Å². The fourth-order valence-corrected chi connectivity index (χ4v) is 3.28. The molecule has 126 valence electrons. The number of aromatic amines is 1. The summed E-state index contributed by atoms with van der Waals surface area (Å²) < 4.78 is 7.23. The summed E-state index contributed by atoms with van der Waals surface area (Å²) in [6.07, 6.45) is 6.37. The molecule has 0 atom stereocenters. The average Bonchev–Trinajstić information content (AvgIpc) is 2.86. The zero-order valence-corrected chi connectivity index (χ0v) is 13.8. The van der Waals surface area contributed by atoms with E-state index in [2.05, 4.69) is 16.9 Å². The first-order valence-electron chi connectivity index (χ1n) is 8.64. The summed E-state index contributed by atoms with van der Waals surface area (Å²) in [5, 5.41) is 0. The van der Waals surface area contributed by atoms with Gasteiger partial charge in [-0.3, -0.25) is 4.57 Å². The van der Waals surface area contributed by atoms with E-state index in [1.54, 1.807) is 0 Å². The third-order valence-electron chi connectivity index (χ3n) is 4.67. The minimum atomic E-state index is -0.0919. The number of rotatable bonds is 6. The first-order valence-corrected chi connectivity index (χ1v) is 8.64. The highest BCUT2D eigenvalue weighted by Gasteiger charge is 2.18. The lowest BCUT2D eigenvalue weighted by Gasteiger charge is -2.22. The molecule has 3 N–H and O–H groups in total. The number of nitrogens with two attached hydrogens (primary N) is 1. The summed E-state index contributed by atoms with van der Waals surface area (Å²) in [6, 6.07) is 2.03. The number of nitrogen functional groups attached to an aromatic ring is 1. The van der Waals surface area contributed by atoms with Crippen LogP contribution in [0.5, 0.6) is 0 Å². The van der Waals surface area contributed by atoms with Crippen LogP contribution in [0.25, 0.3) is 11.0 Å². The van der Waals surface area contributed by atoms with Gasteiger partial charge >= 0.3 is 5.69 Å². The lowest BCUT2D eigenvalue weighted by molar-refractivity contribution is 0.0613. The van der Waals surface area contributed by atoms with E-state index >= 15 is 0 Å². The first kappa shape index (κ1) is 16.1. The van der Waals surface area contributed by atoms with Gasteiger partial charge in [0.05, 0.1) is 5.52 Å². The molecule has 1 aliphatic heterocycles. The molecule has 0 aromatic carbocycles. The summed E-state index contributed by atoms with van der Waals surface area (Å²) in [4.78, 5) is 19.6. The minimum Gasteiger partial charge on any atom is -0.382 e. The predicted molar refractivity (Wildman–Crippen MR) is 91.5 cm³/mol. The molecule has 1 aliphatic rings. The Kier molecular flexibility index (Phi) is 5.00. The first-order chi connectivity index (χ1) is 11.2. The number of anilines is 1. The molecule has 0 spiro atoms. The Morgan fingerprint density at radius 2 is 2.17 bits per heavy atom. The molecule has 3 rings (SSSR count). The normalized spacial score (nSPS) is 16.2. The van der Waals surface area contributed by atoms with E-state index in [0.29, 0.717) is 17.3 Å². The molecule has 1 saturated heterocycles. The lowest BCUT2D eigenvalue weighted by Crippen LogP contribution is -2.25. The van der Waals surface area contributed by atoms with Gasteiger partial charge in [0.15, 0.2) is 0 Å². The molecule has 6 nitrogen and oxygen atoms in total. The minimum absolute atomic E-state index is 0.0919. The molecule has 0 bridgehead atoms. The Bertz CT molecular complexity index is 713. The second-order valence-electron chi connectivity index (χ2n) is 6.45. The van der Waals surface area contributed by atoms with Crippen molar-refractivity contribution in [2.45, 2.75) is 52.0 Å². The van der Waals surface area contributed by atoms with Crippen molar-refractivity contribution in [3.8, 4) is 0 Å².